The Morgan fingerprint density at radius 3 is 2.58 bits per heavy atom. The van der Waals surface area contributed by atoms with E-state index in [2.05, 4.69) is 37.9 Å². The van der Waals surface area contributed by atoms with Gasteiger partial charge in [0.05, 0.1) is 0 Å². The summed E-state index contributed by atoms with van der Waals surface area (Å²) in [6, 6.07) is 5.89. The molecule has 0 heterocycles. The van der Waals surface area contributed by atoms with E-state index in [9.17, 15) is 4.39 Å². The predicted octanol–water partition coefficient (Wildman–Crippen LogP) is 3.56. The lowest BCUT2D eigenvalue weighted by Gasteiger charge is -2.20. The minimum absolute atomic E-state index is 0.0946. The van der Waals surface area contributed by atoms with Crippen molar-refractivity contribution in [2.24, 2.45) is 0 Å². The Kier molecular flexibility index (Phi) is 7.03. The molecule has 0 saturated carbocycles. The van der Waals surface area contributed by atoms with Crippen molar-refractivity contribution in [2.45, 2.75) is 53.2 Å². The van der Waals surface area contributed by atoms with E-state index in [1.807, 2.05) is 12.1 Å². The van der Waals surface area contributed by atoms with Gasteiger partial charge in [-0.2, -0.15) is 0 Å². The first kappa shape index (κ1) is 16.1. The monoisotopic (exact) mass is 266 g/mol. The lowest BCUT2D eigenvalue weighted by Crippen LogP contribution is -2.25. The summed E-state index contributed by atoms with van der Waals surface area (Å²) in [5.74, 6) is -0.0946. The van der Waals surface area contributed by atoms with E-state index in [0.717, 1.165) is 37.2 Å². The minimum atomic E-state index is -0.0946. The Morgan fingerprint density at radius 2 is 2.00 bits per heavy atom. The molecule has 3 heteroatoms. The van der Waals surface area contributed by atoms with Crippen LogP contribution in [0.15, 0.2) is 18.2 Å². The van der Waals surface area contributed by atoms with Gasteiger partial charge in [0.25, 0.3) is 0 Å². The summed E-state index contributed by atoms with van der Waals surface area (Å²) in [5, 5.41) is 3.36. The summed E-state index contributed by atoms with van der Waals surface area (Å²) in [6.07, 6.45) is 1.10. The fraction of sp³-hybridized carbons (Fsp3) is 0.625. The molecule has 0 atom stereocenters. The van der Waals surface area contributed by atoms with E-state index in [-0.39, 0.29) is 5.82 Å². The van der Waals surface area contributed by atoms with Crippen molar-refractivity contribution in [3.63, 3.8) is 0 Å². The zero-order valence-electron chi connectivity index (χ0n) is 12.7. The maximum absolute atomic E-state index is 13.9. The second kappa shape index (κ2) is 8.28. The van der Waals surface area contributed by atoms with Crippen LogP contribution in [0.5, 0.6) is 0 Å². The van der Waals surface area contributed by atoms with Gasteiger partial charge in [0.15, 0.2) is 0 Å². The van der Waals surface area contributed by atoms with Crippen molar-refractivity contribution in [3.8, 4) is 0 Å². The second-order valence-corrected chi connectivity index (χ2v) is 5.33. The van der Waals surface area contributed by atoms with Gasteiger partial charge in [0.2, 0.25) is 0 Å². The molecule has 0 aliphatic carbocycles. The van der Waals surface area contributed by atoms with Crippen LogP contribution in [0.3, 0.4) is 0 Å². The summed E-state index contributed by atoms with van der Waals surface area (Å²) in [6.45, 7) is 12.0. The van der Waals surface area contributed by atoms with Crippen LogP contribution in [0.1, 0.15) is 45.2 Å². The van der Waals surface area contributed by atoms with Gasteiger partial charge in [0.1, 0.15) is 5.82 Å². The number of halogens is 1. The molecule has 1 aromatic carbocycles. The summed E-state index contributed by atoms with van der Waals surface area (Å²) in [5.41, 5.74) is 1.95. The van der Waals surface area contributed by atoms with Gasteiger partial charge in [-0.1, -0.05) is 39.8 Å². The minimum Gasteiger partial charge on any atom is -0.310 e. The maximum atomic E-state index is 13.9. The number of hydrogen-bond donors (Lipinski definition) is 1. The molecule has 0 saturated heterocycles. The third kappa shape index (κ3) is 5.70. The normalized spacial score (nSPS) is 11.5. The molecule has 1 rings (SSSR count). The molecule has 19 heavy (non-hydrogen) atoms. The Labute approximate surface area is 117 Å². The summed E-state index contributed by atoms with van der Waals surface area (Å²) in [7, 11) is 0. The Hall–Kier alpha value is -0.930. The smallest absolute Gasteiger partial charge is 0.127 e. The fourth-order valence-corrected chi connectivity index (χ4v) is 2.09. The molecular weight excluding hydrogens is 239 g/mol. The van der Waals surface area contributed by atoms with Gasteiger partial charge in [-0.05, 0) is 31.1 Å². The summed E-state index contributed by atoms with van der Waals surface area (Å²) in [4.78, 5) is 2.28. The number of benzene rings is 1. The van der Waals surface area contributed by atoms with Crippen LogP contribution in [-0.2, 0) is 13.1 Å². The van der Waals surface area contributed by atoms with Gasteiger partial charge in [-0.25, -0.2) is 4.39 Å². The zero-order valence-corrected chi connectivity index (χ0v) is 12.7. The van der Waals surface area contributed by atoms with Crippen molar-refractivity contribution in [1.29, 1.82) is 0 Å². The lowest BCUT2D eigenvalue weighted by molar-refractivity contribution is 0.276. The van der Waals surface area contributed by atoms with Crippen molar-refractivity contribution in [1.82, 2.24) is 10.2 Å². The molecule has 0 unspecified atom stereocenters. The molecule has 1 N–H and O–H groups in total. The standard InChI is InChI=1S/C16H27FN2/c1-5-9-19(6-2)12-15-10-14(7-8-16(15)17)11-18-13(3)4/h7-8,10,13,18H,5-6,9,11-12H2,1-4H3. The summed E-state index contributed by atoms with van der Waals surface area (Å²) < 4.78 is 13.9. The predicted molar refractivity (Wildman–Crippen MR) is 79.6 cm³/mol. The quantitative estimate of drug-likeness (QED) is 0.774. The van der Waals surface area contributed by atoms with E-state index in [0.29, 0.717) is 12.6 Å². The average Bonchev–Trinajstić information content (AvgIpc) is 2.38. The van der Waals surface area contributed by atoms with Gasteiger partial charge in [0, 0.05) is 24.7 Å². The van der Waals surface area contributed by atoms with E-state index >= 15 is 0 Å². The van der Waals surface area contributed by atoms with Gasteiger partial charge >= 0.3 is 0 Å². The molecule has 108 valence electrons. The summed E-state index contributed by atoms with van der Waals surface area (Å²) >= 11 is 0. The molecule has 0 radical (unpaired) electrons. The average molecular weight is 266 g/mol. The fourth-order valence-electron chi connectivity index (χ4n) is 2.09. The van der Waals surface area contributed by atoms with Gasteiger partial charge in [-0.15, -0.1) is 0 Å². The zero-order chi connectivity index (χ0) is 14.3. The van der Waals surface area contributed by atoms with E-state index < -0.39 is 0 Å². The van der Waals surface area contributed by atoms with Crippen molar-refractivity contribution >= 4 is 0 Å². The molecule has 0 bridgehead atoms. The van der Waals surface area contributed by atoms with E-state index in [1.165, 1.54) is 0 Å². The molecule has 0 fully saturated rings. The van der Waals surface area contributed by atoms with E-state index in [4.69, 9.17) is 0 Å². The van der Waals surface area contributed by atoms with Crippen LogP contribution in [0, 0.1) is 5.82 Å². The number of rotatable bonds is 8. The largest absolute Gasteiger partial charge is 0.310 e. The SMILES string of the molecule is CCCN(CC)Cc1cc(CNC(C)C)ccc1F. The molecule has 0 amide bonds. The first-order valence-electron chi connectivity index (χ1n) is 7.29. The number of hydrogen-bond acceptors (Lipinski definition) is 2. The third-order valence-corrected chi connectivity index (χ3v) is 3.21. The molecule has 1 aromatic rings. The highest BCUT2D eigenvalue weighted by Crippen LogP contribution is 2.13. The molecular formula is C16H27FN2. The Morgan fingerprint density at radius 1 is 1.26 bits per heavy atom. The van der Waals surface area contributed by atoms with Crippen molar-refractivity contribution in [3.05, 3.63) is 35.1 Å². The first-order chi connectivity index (χ1) is 9.06. The van der Waals surface area contributed by atoms with Crippen LogP contribution >= 0.6 is 0 Å². The second-order valence-electron chi connectivity index (χ2n) is 5.33. The molecule has 0 aliphatic rings. The Bertz CT molecular complexity index is 377. The maximum Gasteiger partial charge on any atom is 0.127 e. The van der Waals surface area contributed by atoms with Crippen LogP contribution in [0.4, 0.5) is 4.39 Å². The molecule has 0 aliphatic heterocycles. The highest BCUT2D eigenvalue weighted by atomic mass is 19.1. The van der Waals surface area contributed by atoms with Crippen LogP contribution in [0.25, 0.3) is 0 Å². The van der Waals surface area contributed by atoms with Gasteiger partial charge in [-0.3, -0.25) is 4.90 Å². The first-order valence-corrected chi connectivity index (χ1v) is 7.29. The Balaban J connectivity index is 2.72. The highest BCUT2D eigenvalue weighted by molar-refractivity contribution is 5.25. The van der Waals surface area contributed by atoms with Crippen molar-refractivity contribution in [2.75, 3.05) is 13.1 Å². The van der Waals surface area contributed by atoms with Crippen molar-refractivity contribution < 1.29 is 4.39 Å². The topological polar surface area (TPSA) is 15.3 Å². The molecule has 0 spiro atoms. The lowest BCUT2D eigenvalue weighted by atomic mass is 10.1. The van der Waals surface area contributed by atoms with Crippen LogP contribution in [0.2, 0.25) is 0 Å². The number of nitrogens with one attached hydrogen (secondary N) is 1. The highest BCUT2D eigenvalue weighted by Gasteiger charge is 2.08. The molecule has 0 aromatic heterocycles. The number of nitrogens with zero attached hydrogens (tertiary/aromatic N) is 1. The van der Waals surface area contributed by atoms with Crippen LogP contribution < -0.4 is 5.32 Å². The van der Waals surface area contributed by atoms with Crippen LogP contribution in [-0.4, -0.2) is 24.0 Å². The third-order valence-electron chi connectivity index (χ3n) is 3.21. The molecule has 2 nitrogen and oxygen atoms in total. The van der Waals surface area contributed by atoms with Gasteiger partial charge < -0.3 is 5.32 Å². The van der Waals surface area contributed by atoms with E-state index in [1.54, 1.807) is 6.07 Å².